The quantitative estimate of drug-likeness (QED) is 0.424. The first-order chi connectivity index (χ1) is 15.1. The highest BCUT2D eigenvalue weighted by Gasteiger charge is 2.13. The summed E-state index contributed by atoms with van der Waals surface area (Å²) >= 11 is 12.1. The Hall–Kier alpha value is -3.35. The second-order valence-corrected chi connectivity index (χ2v) is 7.54. The van der Waals surface area contributed by atoms with Crippen LogP contribution in [0, 0.1) is 0 Å². The molecular weight excluding hydrogens is 435 g/mol. The van der Waals surface area contributed by atoms with Gasteiger partial charge in [0.05, 0.1) is 5.56 Å². The molecule has 2 aromatic carbocycles. The minimum atomic E-state index is -0.239. The van der Waals surface area contributed by atoms with Gasteiger partial charge in [-0.2, -0.15) is 0 Å². The van der Waals surface area contributed by atoms with Gasteiger partial charge in [-0.15, -0.1) is 0 Å². The van der Waals surface area contributed by atoms with E-state index >= 15 is 0 Å². The zero-order valence-electron chi connectivity index (χ0n) is 16.3. The molecule has 0 atom stereocenters. The third-order valence-corrected chi connectivity index (χ3v) is 5.15. The standard InChI is InChI=1S/C23H18Cl2N4O2/c24-18-7-6-17(20(25)11-18)14-31-21-4-2-1-3-19(21)23(30)28-13-16-5-8-22(27-12-16)29-10-9-26-15-29/h1-12,15H,13-14H2,(H,28,30). The molecule has 4 rings (SSSR count). The van der Waals surface area contributed by atoms with Gasteiger partial charge in [0.25, 0.3) is 5.91 Å². The number of aromatic nitrogens is 3. The SMILES string of the molecule is O=C(NCc1ccc(-n2ccnc2)nc1)c1ccccc1OCc1ccc(Cl)cc1Cl. The fourth-order valence-electron chi connectivity index (χ4n) is 2.92. The van der Waals surface area contributed by atoms with E-state index in [2.05, 4.69) is 15.3 Å². The Labute approximate surface area is 189 Å². The van der Waals surface area contributed by atoms with E-state index in [1.54, 1.807) is 55.1 Å². The van der Waals surface area contributed by atoms with Crippen LogP contribution in [0.2, 0.25) is 10.0 Å². The number of rotatable bonds is 7. The number of nitrogens with zero attached hydrogens (tertiary/aromatic N) is 3. The highest BCUT2D eigenvalue weighted by atomic mass is 35.5. The zero-order valence-corrected chi connectivity index (χ0v) is 17.8. The van der Waals surface area contributed by atoms with Gasteiger partial charge in [-0.3, -0.25) is 9.36 Å². The van der Waals surface area contributed by atoms with Crippen molar-refractivity contribution in [3.05, 3.63) is 106 Å². The highest BCUT2D eigenvalue weighted by Crippen LogP contribution is 2.24. The maximum absolute atomic E-state index is 12.7. The van der Waals surface area contributed by atoms with Crippen LogP contribution < -0.4 is 10.1 Å². The topological polar surface area (TPSA) is 69.0 Å². The van der Waals surface area contributed by atoms with Crippen molar-refractivity contribution in [2.45, 2.75) is 13.2 Å². The normalized spacial score (nSPS) is 10.6. The van der Waals surface area contributed by atoms with Crippen molar-refractivity contribution >= 4 is 29.1 Å². The van der Waals surface area contributed by atoms with Gasteiger partial charge in [0.15, 0.2) is 0 Å². The largest absolute Gasteiger partial charge is 0.488 e. The van der Waals surface area contributed by atoms with E-state index in [0.29, 0.717) is 27.9 Å². The molecule has 1 N–H and O–H groups in total. The number of amides is 1. The van der Waals surface area contributed by atoms with Crippen LogP contribution in [-0.4, -0.2) is 20.4 Å². The van der Waals surface area contributed by atoms with Crippen LogP contribution in [0.25, 0.3) is 5.82 Å². The predicted octanol–water partition coefficient (Wildman–Crippen LogP) is 5.08. The number of para-hydroxylation sites is 1. The van der Waals surface area contributed by atoms with Crippen LogP contribution in [0.4, 0.5) is 0 Å². The second-order valence-electron chi connectivity index (χ2n) is 6.70. The molecule has 0 aliphatic carbocycles. The Morgan fingerprint density at radius 1 is 1.10 bits per heavy atom. The molecule has 0 saturated heterocycles. The van der Waals surface area contributed by atoms with E-state index in [-0.39, 0.29) is 12.5 Å². The van der Waals surface area contributed by atoms with Crippen molar-refractivity contribution in [1.29, 1.82) is 0 Å². The average Bonchev–Trinajstić information content (AvgIpc) is 3.32. The van der Waals surface area contributed by atoms with Gasteiger partial charge < -0.3 is 10.1 Å². The molecule has 0 spiro atoms. The summed E-state index contributed by atoms with van der Waals surface area (Å²) in [5.41, 5.74) is 2.10. The van der Waals surface area contributed by atoms with Crippen molar-refractivity contribution in [3.63, 3.8) is 0 Å². The Kier molecular flexibility index (Phi) is 6.50. The van der Waals surface area contributed by atoms with Gasteiger partial charge in [-0.1, -0.05) is 47.5 Å². The van der Waals surface area contributed by atoms with Gasteiger partial charge in [-0.05, 0) is 35.9 Å². The number of pyridine rings is 1. The molecule has 0 aliphatic heterocycles. The van der Waals surface area contributed by atoms with Gasteiger partial charge in [0, 0.05) is 40.7 Å². The molecule has 0 radical (unpaired) electrons. The number of imidazole rings is 1. The van der Waals surface area contributed by atoms with Crippen LogP contribution in [0.15, 0.2) is 79.5 Å². The lowest BCUT2D eigenvalue weighted by Gasteiger charge is -2.13. The van der Waals surface area contributed by atoms with E-state index < -0.39 is 0 Å². The molecule has 0 saturated carbocycles. The van der Waals surface area contributed by atoms with Crippen molar-refractivity contribution in [2.75, 3.05) is 0 Å². The van der Waals surface area contributed by atoms with E-state index in [1.807, 2.05) is 29.0 Å². The predicted molar refractivity (Wildman–Crippen MR) is 120 cm³/mol. The minimum absolute atomic E-state index is 0.222. The van der Waals surface area contributed by atoms with Crippen LogP contribution in [0.3, 0.4) is 0 Å². The maximum Gasteiger partial charge on any atom is 0.255 e. The van der Waals surface area contributed by atoms with Crippen LogP contribution >= 0.6 is 23.2 Å². The number of carbonyl (C=O) groups excluding carboxylic acids is 1. The molecule has 31 heavy (non-hydrogen) atoms. The zero-order chi connectivity index (χ0) is 21.6. The summed E-state index contributed by atoms with van der Waals surface area (Å²) in [5.74, 6) is 0.989. The Morgan fingerprint density at radius 2 is 1.97 bits per heavy atom. The number of hydrogen-bond acceptors (Lipinski definition) is 4. The summed E-state index contributed by atoms with van der Waals surface area (Å²) in [4.78, 5) is 21.1. The molecule has 0 unspecified atom stereocenters. The number of hydrogen-bond donors (Lipinski definition) is 1. The monoisotopic (exact) mass is 452 g/mol. The Morgan fingerprint density at radius 3 is 2.71 bits per heavy atom. The number of benzene rings is 2. The molecule has 0 fully saturated rings. The molecule has 1 amide bonds. The molecule has 2 heterocycles. The third-order valence-electron chi connectivity index (χ3n) is 4.56. The lowest BCUT2D eigenvalue weighted by molar-refractivity contribution is 0.0946. The lowest BCUT2D eigenvalue weighted by Crippen LogP contribution is -2.23. The molecule has 6 nitrogen and oxygen atoms in total. The summed E-state index contributed by atoms with van der Waals surface area (Å²) in [6, 6.07) is 16.1. The third kappa shape index (κ3) is 5.23. The van der Waals surface area contributed by atoms with Gasteiger partial charge in [0.2, 0.25) is 0 Å². The van der Waals surface area contributed by atoms with E-state index in [4.69, 9.17) is 27.9 Å². The minimum Gasteiger partial charge on any atom is -0.488 e. The molecule has 0 aliphatic rings. The summed E-state index contributed by atoms with van der Waals surface area (Å²) in [6.45, 7) is 0.563. The summed E-state index contributed by atoms with van der Waals surface area (Å²) < 4.78 is 7.67. The first-order valence-electron chi connectivity index (χ1n) is 9.47. The fraction of sp³-hybridized carbons (Fsp3) is 0.0870. The first kappa shape index (κ1) is 20.9. The first-order valence-corrected chi connectivity index (χ1v) is 10.2. The van der Waals surface area contributed by atoms with Crippen LogP contribution in [0.5, 0.6) is 5.75 Å². The molecule has 0 bridgehead atoms. The van der Waals surface area contributed by atoms with E-state index in [9.17, 15) is 4.79 Å². The molecule has 2 aromatic heterocycles. The van der Waals surface area contributed by atoms with Gasteiger partial charge in [0.1, 0.15) is 24.5 Å². The summed E-state index contributed by atoms with van der Waals surface area (Å²) in [7, 11) is 0. The van der Waals surface area contributed by atoms with Crippen LogP contribution in [-0.2, 0) is 13.2 Å². The summed E-state index contributed by atoms with van der Waals surface area (Å²) in [5, 5.41) is 3.98. The number of ether oxygens (including phenoxy) is 1. The van der Waals surface area contributed by atoms with Gasteiger partial charge in [-0.25, -0.2) is 9.97 Å². The van der Waals surface area contributed by atoms with Crippen molar-refractivity contribution in [3.8, 4) is 11.6 Å². The van der Waals surface area contributed by atoms with Crippen LogP contribution in [0.1, 0.15) is 21.5 Å². The van der Waals surface area contributed by atoms with Crippen molar-refractivity contribution in [2.24, 2.45) is 0 Å². The number of halogens is 2. The molecule has 156 valence electrons. The smallest absolute Gasteiger partial charge is 0.255 e. The second kappa shape index (κ2) is 9.64. The summed E-state index contributed by atoms with van der Waals surface area (Å²) in [6.07, 6.45) is 6.91. The lowest BCUT2D eigenvalue weighted by atomic mass is 10.1. The average molecular weight is 453 g/mol. The number of nitrogens with one attached hydrogen (secondary N) is 1. The van der Waals surface area contributed by atoms with Gasteiger partial charge >= 0.3 is 0 Å². The maximum atomic E-state index is 12.7. The van der Waals surface area contributed by atoms with Crippen molar-refractivity contribution in [1.82, 2.24) is 19.9 Å². The Balaban J connectivity index is 1.39. The van der Waals surface area contributed by atoms with E-state index in [1.165, 1.54) is 0 Å². The van der Waals surface area contributed by atoms with Crippen molar-refractivity contribution < 1.29 is 9.53 Å². The highest BCUT2D eigenvalue weighted by molar-refractivity contribution is 6.35. The van der Waals surface area contributed by atoms with E-state index in [0.717, 1.165) is 16.9 Å². The Bertz CT molecular complexity index is 1180. The fourth-order valence-corrected chi connectivity index (χ4v) is 3.38. The molecule has 8 heteroatoms. The number of carbonyl (C=O) groups is 1. The molecular formula is C23H18Cl2N4O2. The molecule has 4 aromatic rings.